The highest BCUT2D eigenvalue weighted by Crippen LogP contribution is 2.24. The van der Waals surface area contributed by atoms with Crippen molar-refractivity contribution >= 4 is 11.8 Å². The van der Waals surface area contributed by atoms with E-state index in [4.69, 9.17) is 4.74 Å². The van der Waals surface area contributed by atoms with E-state index < -0.39 is 0 Å². The lowest BCUT2D eigenvalue weighted by Crippen LogP contribution is -2.39. The van der Waals surface area contributed by atoms with Gasteiger partial charge < -0.3 is 9.64 Å². The van der Waals surface area contributed by atoms with Crippen molar-refractivity contribution in [1.29, 1.82) is 0 Å². The van der Waals surface area contributed by atoms with E-state index in [-0.39, 0.29) is 6.03 Å². The summed E-state index contributed by atoms with van der Waals surface area (Å²) in [7, 11) is 1.80. The van der Waals surface area contributed by atoms with Crippen molar-refractivity contribution < 1.29 is 9.53 Å². The number of urea groups is 1. The lowest BCUT2D eigenvalue weighted by molar-refractivity contribution is 0.206. The van der Waals surface area contributed by atoms with E-state index in [1.807, 2.05) is 11.0 Å². The van der Waals surface area contributed by atoms with Crippen LogP contribution in [0.1, 0.15) is 24.5 Å². The molecule has 0 bridgehead atoms. The molecule has 3 rings (SSSR count). The number of carbonyl (C=O) groups excluding carboxylic acids is 1. The Hall–Kier alpha value is -2.50. The first kappa shape index (κ1) is 15.4. The molecule has 122 valence electrons. The van der Waals surface area contributed by atoms with Crippen LogP contribution in [0.15, 0.2) is 30.5 Å². The maximum Gasteiger partial charge on any atom is 0.323 e. The predicted octanol–water partition coefficient (Wildman–Crippen LogP) is 2.80. The van der Waals surface area contributed by atoms with Gasteiger partial charge in [0.25, 0.3) is 0 Å². The van der Waals surface area contributed by atoms with E-state index in [2.05, 4.69) is 29.5 Å². The van der Waals surface area contributed by atoms with Gasteiger partial charge >= 0.3 is 6.03 Å². The van der Waals surface area contributed by atoms with Crippen LogP contribution in [0.3, 0.4) is 0 Å². The Morgan fingerprint density at radius 1 is 1.35 bits per heavy atom. The standard InChI is InChI=1S/C17H22N4O2/c1-3-10-23-15-5-4-14-12-21(9-7-13(14)11-15)17(22)19-16-6-8-18-20(16)2/h4-6,8,11H,3,7,9-10,12H2,1-2H3,(H,19,22). The monoisotopic (exact) mass is 314 g/mol. The SMILES string of the molecule is CCCOc1ccc2c(c1)CCN(C(=O)Nc1ccnn1C)C2. The van der Waals surface area contributed by atoms with Gasteiger partial charge in [-0.25, -0.2) is 4.79 Å². The van der Waals surface area contributed by atoms with Crippen molar-refractivity contribution in [3.8, 4) is 5.75 Å². The number of anilines is 1. The number of carbonyl (C=O) groups is 1. The minimum absolute atomic E-state index is 0.0921. The first-order valence-electron chi connectivity index (χ1n) is 7.96. The molecule has 0 atom stereocenters. The van der Waals surface area contributed by atoms with Crippen molar-refractivity contribution in [1.82, 2.24) is 14.7 Å². The number of amides is 2. The Balaban J connectivity index is 1.65. The highest BCUT2D eigenvalue weighted by Gasteiger charge is 2.21. The summed E-state index contributed by atoms with van der Waals surface area (Å²) in [5.74, 6) is 1.61. The number of rotatable bonds is 4. The van der Waals surface area contributed by atoms with Crippen molar-refractivity contribution in [3.05, 3.63) is 41.6 Å². The molecule has 23 heavy (non-hydrogen) atoms. The molecular formula is C17H22N4O2. The Morgan fingerprint density at radius 3 is 2.96 bits per heavy atom. The zero-order valence-corrected chi connectivity index (χ0v) is 13.6. The second-order valence-corrected chi connectivity index (χ2v) is 5.72. The minimum atomic E-state index is -0.0921. The van der Waals surface area contributed by atoms with Crippen molar-refractivity contribution in [2.24, 2.45) is 7.05 Å². The second kappa shape index (κ2) is 6.73. The summed E-state index contributed by atoms with van der Waals surface area (Å²) in [5, 5.41) is 6.95. The fourth-order valence-corrected chi connectivity index (χ4v) is 2.70. The van der Waals surface area contributed by atoms with E-state index in [0.717, 1.165) is 25.2 Å². The molecule has 0 saturated heterocycles. The van der Waals surface area contributed by atoms with Gasteiger partial charge in [0, 0.05) is 26.2 Å². The molecular weight excluding hydrogens is 292 g/mol. The number of aromatic nitrogens is 2. The average Bonchev–Trinajstić information content (AvgIpc) is 2.97. The molecule has 1 aromatic carbocycles. The summed E-state index contributed by atoms with van der Waals surface area (Å²) >= 11 is 0. The highest BCUT2D eigenvalue weighted by atomic mass is 16.5. The predicted molar refractivity (Wildman–Crippen MR) is 88.6 cm³/mol. The first-order valence-corrected chi connectivity index (χ1v) is 7.96. The van der Waals surface area contributed by atoms with E-state index in [1.54, 1.807) is 24.0 Å². The molecule has 1 aliphatic rings. The van der Waals surface area contributed by atoms with Gasteiger partial charge in [-0.15, -0.1) is 0 Å². The van der Waals surface area contributed by atoms with Gasteiger partial charge in [-0.2, -0.15) is 5.10 Å². The summed E-state index contributed by atoms with van der Waals surface area (Å²) in [6.07, 6.45) is 3.51. The zero-order valence-electron chi connectivity index (χ0n) is 13.6. The lowest BCUT2D eigenvalue weighted by Gasteiger charge is -2.29. The van der Waals surface area contributed by atoms with Gasteiger partial charge in [-0.05, 0) is 36.1 Å². The van der Waals surface area contributed by atoms with Gasteiger partial charge in [0.05, 0.1) is 12.8 Å². The number of aryl methyl sites for hydroxylation is 1. The zero-order chi connectivity index (χ0) is 16.2. The Labute approximate surface area is 136 Å². The number of fused-ring (bicyclic) bond motifs is 1. The largest absolute Gasteiger partial charge is 0.494 e. The number of benzene rings is 1. The molecule has 0 spiro atoms. The minimum Gasteiger partial charge on any atom is -0.494 e. The maximum absolute atomic E-state index is 12.4. The summed E-state index contributed by atoms with van der Waals surface area (Å²) in [4.78, 5) is 14.2. The molecule has 0 radical (unpaired) electrons. The molecule has 2 amide bonds. The number of nitrogens with zero attached hydrogens (tertiary/aromatic N) is 3. The Bertz CT molecular complexity index is 696. The van der Waals surface area contributed by atoms with Crippen LogP contribution in [-0.2, 0) is 20.0 Å². The third kappa shape index (κ3) is 3.47. The number of ether oxygens (including phenoxy) is 1. The van der Waals surface area contributed by atoms with Crippen LogP contribution in [0, 0.1) is 0 Å². The van der Waals surface area contributed by atoms with Gasteiger partial charge in [0.2, 0.25) is 0 Å². The average molecular weight is 314 g/mol. The van der Waals surface area contributed by atoms with Crippen LogP contribution < -0.4 is 10.1 Å². The lowest BCUT2D eigenvalue weighted by atomic mass is 10.00. The van der Waals surface area contributed by atoms with Crippen LogP contribution >= 0.6 is 0 Å². The maximum atomic E-state index is 12.4. The Kier molecular flexibility index (Phi) is 4.50. The fraction of sp³-hybridized carbons (Fsp3) is 0.412. The first-order chi connectivity index (χ1) is 11.2. The summed E-state index contributed by atoms with van der Waals surface area (Å²) in [6, 6.07) is 7.83. The molecule has 6 nitrogen and oxygen atoms in total. The van der Waals surface area contributed by atoms with Crippen molar-refractivity contribution in [3.63, 3.8) is 0 Å². The third-order valence-electron chi connectivity index (χ3n) is 4.01. The third-order valence-corrected chi connectivity index (χ3v) is 4.01. The Morgan fingerprint density at radius 2 is 2.22 bits per heavy atom. The molecule has 0 aliphatic carbocycles. The summed E-state index contributed by atoms with van der Waals surface area (Å²) in [6.45, 7) is 4.15. The highest BCUT2D eigenvalue weighted by molar-refractivity contribution is 5.88. The topological polar surface area (TPSA) is 59.4 Å². The van der Waals surface area contributed by atoms with Gasteiger partial charge in [0.1, 0.15) is 11.6 Å². The van der Waals surface area contributed by atoms with E-state index >= 15 is 0 Å². The van der Waals surface area contributed by atoms with Crippen LogP contribution in [-0.4, -0.2) is 33.9 Å². The second-order valence-electron chi connectivity index (χ2n) is 5.72. The van der Waals surface area contributed by atoms with Crippen LogP contribution in [0.2, 0.25) is 0 Å². The molecule has 0 unspecified atom stereocenters. The van der Waals surface area contributed by atoms with Crippen molar-refractivity contribution in [2.45, 2.75) is 26.3 Å². The van der Waals surface area contributed by atoms with E-state index in [0.29, 0.717) is 18.9 Å². The van der Waals surface area contributed by atoms with Gasteiger partial charge in [0.15, 0.2) is 0 Å². The van der Waals surface area contributed by atoms with Crippen LogP contribution in [0.5, 0.6) is 5.75 Å². The normalized spacial score (nSPS) is 13.6. The molecule has 2 heterocycles. The molecule has 1 aliphatic heterocycles. The molecule has 1 N–H and O–H groups in total. The smallest absolute Gasteiger partial charge is 0.323 e. The molecule has 0 fully saturated rings. The summed E-state index contributed by atoms with van der Waals surface area (Å²) < 4.78 is 7.32. The molecule has 6 heteroatoms. The summed E-state index contributed by atoms with van der Waals surface area (Å²) in [5.41, 5.74) is 2.45. The van der Waals surface area contributed by atoms with Gasteiger partial charge in [-0.1, -0.05) is 13.0 Å². The van der Waals surface area contributed by atoms with Crippen molar-refractivity contribution in [2.75, 3.05) is 18.5 Å². The molecule has 1 aromatic heterocycles. The van der Waals surface area contributed by atoms with Crippen LogP contribution in [0.4, 0.5) is 10.6 Å². The molecule has 2 aromatic rings. The quantitative estimate of drug-likeness (QED) is 0.944. The van der Waals surface area contributed by atoms with E-state index in [9.17, 15) is 4.79 Å². The number of hydrogen-bond donors (Lipinski definition) is 1. The molecule has 0 saturated carbocycles. The van der Waals surface area contributed by atoms with Gasteiger partial charge in [-0.3, -0.25) is 10.00 Å². The van der Waals surface area contributed by atoms with Crippen LogP contribution in [0.25, 0.3) is 0 Å². The fourth-order valence-electron chi connectivity index (χ4n) is 2.70. The number of nitrogens with one attached hydrogen (secondary N) is 1. The van der Waals surface area contributed by atoms with E-state index in [1.165, 1.54) is 11.1 Å². The number of hydrogen-bond acceptors (Lipinski definition) is 3.